The molecule has 2 atom stereocenters. The molecule has 2 nitrogen and oxygen atoms in total. The van der Waals surface area contributed by atoms with Crippen molar-refractivity contribution in [2.24, 2.45) is 17.6 Å². The summed E-state index contributed by atoms with van der Waals surface area (Å²) in [6.45, 7) is 3.85. The van der Waals surface area contributed by atoms with Crippen LogP contribution in [0.25, 0.3) is 0 Å². The molecular weight excluding hydrogens is 172 g/mol. The summed E-state index contributed by atoms with van der Waals surface area (Å²) in [6, 6.07) is 0. The third kappa shape index (κ3) is 1.70. The second kappa shape index (κ2) is 3.21. The fourth-order valence-corrected chi connectivity index (χ4v) is 3.48. The molecule has 3 rings (SSSR count). The fourth-order valence-electron chi connectivity index (χ4n) is 3.48. The molecule has 14 heavy (non-hydrogen) atoms. The Morgan fingerprint density at radius 2 is 2.00 bits per heavy atom. The predicted molar refractivity (Wildman–Crippen MR) is 58.0 cm³/mol. The Hall–Kier alpha value is -0.0800. The molecule has 1 aliphatic heterocycles. The zero-order valence-electron chi connectivity index (χ0n) is 9.04. The normalized spacial score (nSPS) is 40.9. The topological polar surface area (TPSA) is 29.3 Å². The summed E-state index contributed by atoms with van der Waals surface area (Å²) in [5.74, 6) is 2.15. The number of hydrogen-bond acceptors (Lipinski definition) is 2. The highest BCUT2D eigenvalue weighted by atomic mass is 15.2. The van der Waals surface area contributed by atoms with Gasteiger partial charge in [-0.1, -0.05) is 12.8 Å². The van der Waals surface area contributed by atoms with Crippen LogP contribution in [0.3, 0.4) is 0 Å². The van der Waals surface area contributed by atoms with E-state index in [2.05, 4.69) is 4.90 Å². The lowest BCUT2D eigenvalue weighted by atomic mass is 9.97. The number of fused-ring (bicyclic) bond motifs is 1. The molecule has 2 aliphatic carbocycles. The Kier molecular flexibility index (Phi) is 2.10. The van der Waals surface area contributed by atoms with Crippen LogP contribution >= 0.6 is 0 Å². The Bertz CT molecular complexity index is 220. The monoisotopic (exact) mass is 194 g/mol. The van der Waals surface area contributed by atoms with Gasteiger partial charge in [-0.05, 0) is 44.1 Å². The molecule has 0 aromatic rings. The zero-order valence-corrected chi connectivity index (χ0v) is 9.04. The van der Waals surface area contributed by atoms with Gasteiger partial charge in [-0.15, -0.1) is 0 Å². The van der Waals surface area contributed by atoms with Crippen LogP contribution in [-0.2, 0) is 0 Å². The lowest BCUT2D eigenvalue weighted by Crippen LogP contribution is -2.49. The summed E-state index contributed by atoms with van der Waals surface area (Å²) in [5, 5.41) is 0. The smallest absolute Gasteiger partial charge is 0.0283 e. The van der Waals surface area contributed by atoms with Crippen molar-refractivity contribution in [2.75, 3.05) is 19.6 Å². The standard InChI is InChI=1S/C12H22N2/c13-12(4-1-2-5-12)9-14-6-3-10-7-11(10)8-14/h10-11H,1-9,13H2. The molecule has 0 spiro atoms. The summed E-state index contributed by atoms with van der Waals surface area (Å²) < 4.78 is 0. The van der Waals surface area contributed by atoms with Crippen LogP contribution < -0.4 is 5.73 Å². The van der Waals surface area contributed by atoms with Gasteiger partial charge in [-0.2, -0.15) is 0 Å². The molecule has 0 aromatic heterocycles. The molecule has 2 unspecified atom stereocenters. The van der Waals surface area contributed by atoms with E-state index < -0.39 is 0 Å². The van der Waals surface area contributed by atoms with Gasteiger partial charge in [0, 0.05) is 18.6 Å². The number of nitrogens with two attached hydrogens (primary N) is 1. The number of likely N-dealkylation sites (tertiary alicyclic amines) is 1. The van der Waals surface area contributed by atoms with E-state index in [1.807, 2.05) is 0 Å². The quantitative estimate of drug-likeness (QED) is 0.723. The molecule has 80 valence electrons. The average molecular weight is 194 g/mol. The highest BCUT2D eigenvalue weighted by Crippen LogP contribution is 2.45. The molecule has 2 heteroatoms. The highest BCUT2D eigenvalue weighted by molar-refractivity contribution is 4.97. The molecular formula is C12H22N2. The minimum Gasteiger partial charge on any atom is -0.324 e. The SMILES string of the molecule is NC1(CN2CCC3CC3C2)CCCC1. The second-order valence-corrected chi connectivity index (χ2v) is 5.85. The molecule has 3 fully saturated rings. The van der Waals surface area contributed by atoms with Crippen molar-refractivity contribution in [1.82, 2.24) is 4.90 Å². The van der Waals surface area contributed by atoms with Gasteiger partial charge in [0.25, 0.3) is 0 Å². The minimum atomic E-state index is 0.182. The van der Waals surface area contributed by atoms with E-state index in [1.54, 1.807) is 0 Å². The third-order valence-electron chi connectivity index (χ3n) is 4.52. The van der Waals surface area contributed by atoms with Gasteiger partial charge in [0.05, 0.1) is 0 Å². The summed E-state index contributed by atoms with van der Waals surface area (Å²) in [5.41, 5.74) is 6.59. The number of piperidine rings is 1. The van der Waals surface area contributed by atoms with Gasteiger partial charge in [0.15, 0.2) is 0 Å². The van der Waals surface area contributed by atoms with Crippen molar-refractivity contribution in [1.29, 1.82) is 0 Å². The van der Waals surface area contributed by atoms with Crippen LogP contribution in [0.5, 0.6) is 0 Å². The molecule has 2 saturated carbocycles. The van der Waals surface area contributed by atoms with E-state index in [4.69, 9.17) is 5.73 Å². The maximum absolute atomic E-state index is 6.41. The van der Waals surface area contributed by atoms with Crippen molar-refractivity contribution < 1.29 is 0 Å². The van der Waals surface area contributed by atoms with Gasteiger partial charge < -0.3 is 10.6 Å². The Balaban J connectivity index is 1.55. The van der Waals surface area contributed by atoms with Gasteiger partial charge >= 0.3 is 0 Å². The van der Waals surface area contributed by atoms with E-state index in [-0.39, 0.29) is 5.54 Å². The molecule has 0 bridgehead atoms. The van der Waals surface area contributed by atoms with Crippen LogP contribution in [0.1, 0.15) is 38.5 Å². The van der Waals surface area contributed by atoms with Gasteiger partial charge in [0.2, 0.25) is 0 Å². The van der Waals surface area contributed by atoms with E-state index >= 15 is 0 Å². The first-order valence-electron chi connectivity index (χ1n) is 6.26. The van der Waals surface area contributed by atoms with Crippen LogP contribution in [0, 0.1) is 11.8 Å². The Morgan fingerprint density at radius 1 is 1.21 bits per heavy atom. The van der Waals surface area contributed by atoms with Gasteiger partial charge in [-0.3, -0.25) is 0 Å². The first kappa shape index (κ1) is 9.17. The van der Waals surface area contributed by atoms with E-state index in [0.29, 0.717) is 0 Å². The Morgan fingerprint density at radius 3 is 2.71 bits per heavy atom. The predicted octanol–water partition coefficient (Wildman–Crippen LogP) is 1.60. The van der Waals surface area contributed by atoms with E-state index in [1.165, 1.54) is 58.2 Å². The van der Waals surface area contributed by atoms with Gasteiger partial charge in [0.1, 0.15) is 0 Å². The van der Waals surface area contributed by atoms with Crippen LogP contribution in [-0.4, -0.2) is 30.1 Å². The summed E-state index contributed by atoms with van der Waals surface area (Å²) >= 11 is 0. The van der Waals surface area contributed by atoms with Gasteiger partial charge in [-0.25, -0.2) is 0 Å². The molecule has 0 aromatic carbocycles. The largest absolute Gasteiger partial charge is 0.324 e. The summed E-state index contributed by atoms with van der Waals surface area (Å²) in [7, 11) is 0. The average Bonchev–Trinajstić information content (AvgIpc) is 2.80. The van der Waals surface area contributed by atoms with Crippen molar-refractivity contribution in [3.63, 3.8) is 0 Å². The zero-order chi connectivity index (χ0) is 9.60. The van der Waals surface area contributed by atoms with E-state index in [9.17, 15) is 0 Å². The maximum atomic E-state index is 6.41. The van der Waals surface area contributed by atoms with Crippen LogP contribution in [0.15, 0.2) is 0 Å². The molecule has 0 amide bonds. The first-order chi connectivity index (χ1) is 6.75. The highest BCUT2D eigenvalue weighted by Gasteiger charge is 2.43. The number of hydrogen-bond donors (Lipinski definition) is 1. The molecule has 2 N–H and O–H groups in total. The number of nitrogens with zero attached hydrogens (tertiary/aromatic N) is 1. The summed E-state index contributed by atoms with van der Waals surface area (Å²) in [4.78, 5) is 2.64. The molecule has 3 aliphatic rings. The lowest BCUT2D eigenvalue weighted by Gasteiger charge is -2.34. The van der Waals surface area contributed by atoms with Crippen molar-refractivity contribution in [2.45, 2.75) is 44.1 Å². The second-order valence-electron chi connectivity index (χ2n) is 5.85. The maximum Gasteiger partial charge on any atom is 0.0283 e. The minimum absolute atomic E-state index is 0.182. The fraction of sp³-hybridized carbons (Fsp3) is 1.00. The van der Waals surface area contributed by atoms with E-state index in [0.717, 1.165) is 11.8 Å². The molecule has 0 radical (unpaired) electrons. The number of rotatable bonds is 2. The van der Waals surface area contributed by atoms with Crippen molar-refractivity contribution in [3.8, 4) is 0 Å². The lowest BCUT2D eigenvalue weighted by molar-refractivity contribution is 0.172. The third-order valence-corrected chi connectivity index (χ3v) is 4.52. The van der Waals surface area contributed by atoms with Crippen LogP contribution in [0.4, 0.5) is 0 Å². The Labute approximate surface area is 86.8 Å². The van der Waals surface area contributed by atoms with Crippen molar-refractivity contribution >= 4 is 0 Å². The molecule has 1 heterocycles. The summed E-state index contributed by atoms with van der Waals surface area (Å²) in [6.07, 6.45) is 8.19. The van der Waals surface area contributed by atoms with Crippen LogP contribution in [0.2, 0.25) is 0 Å². The first-order valence-corrected chi connectivity index (χ1v) is 6.26. The molecule has 1 saturated heterocycles. The van der Waals surface area contributed by atoms with Crippen molar-refractivity contribution in [3.05, 3.63) is 0 Å².